The molecule has 4 heterocycles. The lowest BCUT2D eigenvalue weighted by Crippen LogP contribution is -2.47. The highest BCUT2D eigenvalue weighted by molar-refractivity contribution is 5.54. The average molecular weight is 352 g/mol. The van der Waals surface area contributed by atoms with Crippen LogP contribution in [0.1, 0.15) is 36.9 Å². The molecule has 1 unspecified atom stereocenters. The minimum Gasteiger partial charge on any atom is -0.380 e. The average Bonchev–Trinajstić information content (AvgIpc) is 3.33. The maximum atomic E-state index is 12.7. The summed E-state index contributed by atoms with van der Waals surface area (Å²) in [6, 6.07) is 4.40. The van der Waals surface area contributed by atoms with Crippen LogP contribution in [0.25, 0.3) is 11.4 Å². The lowest BCUT2D eigenvalue weighted by Gasteiger charge is -2.41. The number of H-pyrrole nitrogens is 1. The predicted octanol–water partition coefficient (Wildman–Crippen LogP) is 1.90. The molecule has 2 aromatic heterocycles. The van der Waals surface area contributed by atoms with E-state index in [4.69, 9.17) is 9.72 Å². The summed E-state index contributed by atoms with van der Waals surface area (Å²) in [7, 11) is 0. The van der Waals surface area contributed by atoms with Crippen molar-refractivity contribution in [3.63, 3.8) is 0 Å². The van der Waals surface area contributed by atoms with Crippen molar-refractivity contribution < 1.29 is 4.74 Å². The number of piperidine rings is 1. The van der Waals surface area contributed by atoms with Crippen LogP contribution in [-0.2, 0) is 16.6 Å². The largest absolute Gasteiger partial charge is 0.380 e. The lowest BCUT2D eigenvalue weighted by atomic mass is 9.76. The number of aromatic nitrogens is 3. The first kappa shape index (κ1) is 16.1. The van der Waals surface area contributed by atoms with E-state index in [1.54, 1.807) is 12.4 Å². The minimum atomic E-state index is 0.0253. The zero-order valence-corrected chi connectivity index (χ0v) is 14.9. The van der Waals surface area contributed by atoms with E-state index in [0.29, 0.717) is 11.9 Å². The highest BCUT2D eigenvalue weighted by Crippen LogP contribution is 2.45. The van der Waals surface area contributed by atoms with E-state index in [1.807, 2.05) is 12.1 Å². The molecule has 2 saturated heterocycles. The summed E-state index contributed by atoms with van der Waals surface area (Å²) in [5, 5.41) is 0. The molecule has 1 aliphatic carbocycles. The van der Waals surface area contributed by atoms with Crippen LogP contribution in [-0.4, -0.2) is 52.2 Å². The number of hydrogen-bond acceptors (Lipinski definition) is 5. The third-order valence-electron chi connectivity index (χ3n) is 6.48. The normalized spacial score (nSPS) is 24.8. The zero-order chi connectivity index (χ0) is 17.6. The molecule has 0 radical (unpaired) electrons. The standard InChI is InChI=1S/C20H24N4O2/c25-19-16-3-5-20(6-9-24(10-7-20)15-4-11-26-13-15)17(16)22-18(23-19)14-2-1-8-21-12-14/h1-2,8,12,15H,3-7,9-11,13H2,(H,22,23,25). The molecule has 2 aromatic rings. The molecule has 5 rings (SSSR count). The molecule has 1 N–H and O–H groups in total. The number of hydrogen-bond donors (Lipinski definition) is 1. The summed E-state index contributed by atoms with van der Waals surface area (Å²) in [6.45, 7) is 3.90. The number of fused-ring (bicyclic) bond motifs is 2. The molecule has 136 valence electrons. The molecule has 0 amide bonds. The maximum Gasteiger partial charge on any atom is 0.254 e. The Hall–Kier alpha value is -2.05. The number of likely N-dealkylation sites (tertiary alicyclic amines) is 1. The van der Waals surface area contributed by atoms with Gasteiger partial charge in [0.05, 0.1) is 12.3 Å². The molecule has 1 spiro atoms. The first-order valence-electron chi connectivity index (χ1n) is 9.61. The highest BCUT2D eigenvalue weighted by atomic mass is 16.5. The van der Waals surface area contributed by atoms with Gasteiger partial charge >= 0.3 is 0 Å². The van der Waals surface area contributed by atoms with Crippen molar-refractivity contribution in [1.82, 2.24) is 19.9 Å². The number of rotatable bonds is 2. The zero-order valence-electron chi connectivity index (χ0n) is 14.9. The molecule has 0 aromatic carbocycles. The van der Waals surface area contributed by atoms with E-state index in [2.05, 4.69) is 14.9 Å². The fourth-order valence-corrected chi connectivity index (χ4v) is 4.90. The summed E-state index contributed by atoms with van der Waals surface area (Å²) in [4.78, 5) is 27.3. The summed E-state index contributed by atoms with van der Waals surface area (Å²) < 4.78 is 5.56. The van der Waals surface area contributed by atoms with Crippen molar-refractivity contribution in [2.75, 3.05) is 26.3 Å². The molecule has 0 bridgehead atoms. The van der Waals surface area contributed by atoms with E-state index >= 15 is 0 Å². The van der Waals surface area contributed by atoms with E-state index in [-0.39, 0.29) is 11.0 Å². The van der Waals surface area contributed by atoms with Gasteiger partial charge in [0.15, 0.2) is 0 Å². The number of nitrogens with one attached hydrogen (secondary N) is 1. The van der Waals surface area contributed by atoms with Crippen molar-refractivity contribution in [3.8, 4) is 11.4 Å². The van der Waals surface area contributed by atoms with Gasteiger partial charge in [-0.25, -0.2) is 4.98 Å². The second-order valence-electron chi connectivity index (χ2n) is 7.82. The number of aromatic amines is 1. The first-order valence-corrected chi connectivity index (χ1v) is 9.61. The van der Waals surface area contributed by atoms with Crippen molar-refractivity contribution in [2.45, 2.75) is 43.6 Å². The van der Waals surface area contributed by atoms with Crippen LogP contribution in [0.4, 0.5) is 0 Å². The van der Waals surface area contributed by atoms with Gasteiger partial charge in [-0.2, -0.15) is 0 Å². The molecule has 2 aliphatic heterocycles. The molecule has 3 aliphatic rings. The molecular formula is C20H24N4O2. The molecular weight excluding hydrogens is 328 g/mol. The fourth-order valence-electron chi connectivity index (χ4n) is 4.90. The van der Waals surface area contributed by atoms with Crippen LogP contribution in [0.5, 0.6) is 0 Å². The van der Waals surface area contributed by atoms with Gasteiger partial charge < -0.3 is 9.72 Å². The quantitative estimate of drug-likeness (QED) is 0.894. The molecule has 26 heavy (non-hydrogen) atoms. The number of ether oxygens (including phenoxy) is 1. The van der Waals surface area contributed by atoms with Crippen LogP contribution >= 0.6 is 0 Å². The van der Waals surface area contributed by atoms with Gasteiger partial charge in [-0.15, -0.1) is 0 Å². The van der Waals surface area contributed by atoms with E-state index < -0.39 is 0 Å². The lowest BCUT2D eigenvalue weighted by molar-refractivity contribution is 0.0965. The second-order valence-corrected chi connectivity index (χ2v) is 7.82. The van der Waals surface area contributed by atoms with Gasteiger partial charge in [-0.05, 0) is 57.3 Å². The van der Waals surface area contributed by atoms with E-state index in [1.165, 1.54) is 0 Å². The van der Waals surface area contributed by atoms with Gasteiger partial charge in [0, 0.05) is 41.6 Å². The van der Waals surface area contributed by atoms with Gasteiger partial charge in [-0.3, -0.25) is 14.7 Å². The number of nitrogens with zero attached hydrogens (tertiary/aromatic N) is 3. The first-order chi connectivity index (χ1) is 12.8. The Labute approximate surface area is 152 Å². The van der Waals surface area contributed by atoms with Gasteiger partial charge in [0.25, 0.3) is 5.56 Å². The Balaban J connectivity index is 1.46. The van der Waals surface area contributed by atoms with E-state index in [9.17, 15) is 4.79 Å². The Morgan fingerprint density at radius 2 is 2.15 bits per heavy atom. The summed E-state index contributed by atoms with van der Waals surface area (Å²) in [5.74, 6) is 0.648. The maximum absolute atomic E-state index is 12.7. The van der Waals surface area contributed by atoms with Crippen LogP contribution < -0.4 is 5.56 Å². The van der Waals surface area contributed by atoms with Crippen molar-refractivity contribution in [2.24, 2.45) is 0 Å². The van der Waals surface area contributed by atoms with E-state index in [0.717, 1.165) is 75.2 Å². The molecule has 6 heteroatoms. The SMILES string of the molecule is O=c1[nH]c(-c2cccnc2)nc2c1CCC21CCN(C2CCOC2)CC1. The van der Waals surface area contributed by atoms with Gasteiger partial charge in [-0.1, -0.05) is 0 Å². The molecule has 1 atom stereocenters. The smallest absolute Gasteiger partial charge is 0.254 e. The Morgan fingerprint density at radius 3 is 2.88 bits per heavy atom. The third kappa shape index (κ3) is 2.59. The summed E-state index contributed by atoms with van der Waals surface area (Å²) in [6.07, 6.45) is 8.70. The van der Waals surface area contributed by atoms with Crippen molar-refractivity contribution >= 4 is 0 Å². The topological polar surface area (TPSA) is 71.1 Å². The predicted molar refractivity (Wildman–Crippen MR) is 98.1 cm³/mol. The highest BCUT2D eigenvalue weighted by Gasteiger charge is 2.45. The Morgan fingerprint density at radius 1 is 1.27 bits per heavy atom. The Bertz CT molecular complexity index is 850. The van der Waals surface area contributed by atoms with Crippen LogP contribution in [0.3, 0.4) is 0 Å². The van der Waals surface area contributed by atoms with Gasteiger partial charge in [0.1, 0.15) is 5.82 Å². The van der Waals surface area contributed by atoms with Gasteiger partial charge in [0.2, 0.25) is 0 Å². The molecule has 6 nitrogen and oxygen atoms in total. The van der Waals surface area contributed by atoms with Crippen molar-refractivity contribution in [3.05, 3.63) is 46.1 Å². The second kappa shape index (κ2) is 6.28. The van der Waals surface area contributed by atoms with Crippen molar-refractivity contribution in [1.29, 1.82) is 0 Å². The van der Waals surface area contributed by atoms with Crippen LogP contribution in [0.15, 0.2) is 29.3 Å². The number of pyridine rings is 1. The summed E-state index contributed by atoms with van der Waals surface area (Å²) >= 11 is 0. The monoisotopic (exact) mass is 352 g/mol. The minimum absolute atomic E-state index is 0.0253. The Kier molecular flexibility index (Phi) is 3.90. The fraction of sp³-hybridized carbons (Fsp3) is 0.550. The van der Waals surface area contributed by atoms with Crippen LogP contribution in [0.2, 0.25) is 0 Å². The molecule has 0 saturated carbocycles. The van der Waals surface area contributed by atoms with Crippen LogP contribution in [0, 0.1) is 0 Å². The summed E-state index contributed by atoms with van der Waals surface area (Å²) in [5.41, 5.74) is 2.90. The third-order valence-corrected chi connectivity index (χ3v) is 6.48. The molecule has 2 fully saturated rings.